The highest BCUT2D eigenvalue weighted by Gasteiger charge is 2.25. The summed E-state index contributed by atoms with van der Waals surface area (Å²) in [6.45, 7) is 1.78. The topological polar surface area (TPSA) is 52.3 Å². The van der Waals surface area contributed by atoms with Crippen LogP contribution in [0, 0.1) is 0 Å². The molecule has 0 spiro atoms. The summed E-state index contributed by atoms with van der Waals surface area (Å²) >= 11 is 5.76. The quantitative estimate of drug-likeness (QED) is 0.805. The van der Waals surface area contributed by atoms with Crippen molar-refractivity contribution in [2.75, 3.05) is 7.11 Å². The van der Waals surface area contributed by atoms with Crippen LogP contribution in [0.4, 0.5) is 0 Å². The number of nitrogens with two attached hydrogens (primary N) is 1. The molecule has 0 saturated heterocycles. The molecule has 15 heavy (non-hydrogen) atoms. The molecule has 0 amide bonds. The number of carbonyl (C=O) groups excluding carboxylic acids is 1. The SMILES string of the molecule is COC(=O)C[C@](C)(N)c1ccc(Cl)cc1. The molecule has 0 bridgehead atoms. The van der Waals surface area contributed by atoms with Crippen LogP contribution in [0.2, 0.25) is 5.02 Å². The molecule has 0 saturated carbocycles. The Morgan fingerprint density at radius 1 is 1.47 bits per heavy atom. The molecular formula is C11H14ClNO2. The fraction of sp³-hybridized carbons (Fsp3) is 0.364. The van der Waals surface area contributed by atoms with Crippen LogP contribution in [-0.2, 0) is 15.1 Å². The zero-order valence-corrected chi connectivity index (χ0v) is 9.54. The van der Waals surface area contributed by atoms with Crippen LogP contribution in [0.15, 0.2) is 24.3 Å². The molecule has 0 fully saturated rings. The van der Waals surface area contributed by atoms with Crippen molar-refractivity contribution in [2.24, 2.45) is 5.73 Å². The summed E-state index contributed by atoms with van der Waals surface area (Å²) in [4.78, 5) is 11.1. The fourth-order valence-electron chi connectivity index (χ4n) is 1.30. The van der Waals surface area contributed by atoms with E-state index in [2.05, 4.69) is 4.74 Å². The van der Waals surface area contributed by atoms with Crippen molar-refractivity contribution >= 4 is 17.6 Å². The first-order valence-corrected chi connectivity index (χ1v) is 4.95. The van der Waals surface area contributed by atoms with Crippen LogP contribution in [-0.4, -0.2) is 13.1 Å². The first kappa shape index (κ1) is 12.0. The number of benzene rings is 1. The van der Waals surface area contributed by atoms with E-state index in [1.165, 1.54) is 7.11 Å². The fourth-order valence-corrected chi connectivity index (χ4v) is 1.43. The van der Waals surface area contributed by atoms with Gasteiger partial charge in [0.05, 0.1) is 13.5 Å². The molecule has 0 unspecified atom stereocenters. The maximum Gasteiger partial charge on any atom is 0.307 e. The number of hydrogen-bond acceptors (Lipinski definition) is 3. The predicted molar refractivity (Wildman–Crippen MR) is 59.6 cm³/mol. The van der Waals surface area contributed by atoms with Gasteiger partial charge >= 0.3 is 5.97 Å². The van der Waals surface area contributed by atoms with Gasteiger partial charge in [-0.3, -0.25) is 4.79 Å². The third-order valence-electron chi connectivity index (χ3n) is 2.24. The summed E-state index contributed by atoms with van der Waals surface area (Å²) in [6, 6.07) is 7.12. The Kier molecular flexibility index (Phi) is 3.72. The van der Waals surface area contributed by atoms with Crippen molar-refractivity contribution < 1.29 is 9.53 Å². The molecule has 0 aliphatic rings. The molecule has 1 rings (SSSR count). The van der Waals surface area contributed by atoms with Gasteiger partial charge in [0.25, 0.3) is 0 Å². The van der Waals surface area contributed by atoms with Gasteiger partial charge in [-0.2, -0.15) is 0 Å². The predicted octanol–water partition coefficient (Wildman–Crippen LogP) is 2.08. The lowest BCUT2D eigenvalue weighted by atomic mass is 9.90. The minimum absolute atomic E-state index is 0.144. The van der Waals surface area contributed by atoms with E-state index < -0.39 is 5.54 Å². The number of carbonyl (C=O) groups is 1. The average molecular weight is 228 g/mol. The molecule has 0 aliphatic heterocycles. The van der Waals surface area contributed by atoms with Crippen molar-refractivity contribution in [3.8, 4) is 0 Å². The Bertz CT molecular complexity index is 346. The molecule has 82 valence electrons. The Hall–Kier alpha value is -1.06. The van der Waals surface area contributed by atoms with Gasteiger partial charge in [-0.05, 0) is 24.6 Å². The molecule has 0 aliphatic carbocycles. The van der Waals surface area contributed by atoms with Crippen LogP contribution in [0.1, 0.15) is 18.9 Å². The first-order chi connectivity index (χ1) is 6.95. The number of esters is 1. The molecule has 3 nitrogen and oxygen atoms in total. The molecule has 0 radical (unpaired) electrons. The van der Waals surface area contributed by atoms with Gasteiger partial charge in [0.15, 0.2) is 0 Å². The van der Waals surface area contributed by atoms with E-state index >= 15 is 0 Å². The van der Waals surface area contributed by atoms with Crippen LogP contribution in [0.25, 0.3) is 0 Å². The van der Waals surface area contributed by atoms with Crippen LogP contribution in [0.3, 0.4) is 0 Å². The van der Waals surface area contributed by atoms with Gasteiger partial charge in [0, 0.05) is 10.6 Å². The summed E-state index contributed by atoms with van der Waals surface area (Å²) in [5.74, 6) is -0.324. The van der Waals surface area contributed by atoms with E-state index in [1.54, 1.807) is 19.1 Å². The lowest BCUT2D eigenvalue weighted by Gasteiger charge is -2.23. The maximum absolute atomic E-state index is 11.1. The molecule has 1 atom stereocenters. The summed E-state index contributed by atoms with van der Waals surface area (Å²) in [7, 11) is 1.35. The number of hydrogen-bond donors (Lipinski definition) is 1. The van der Waals surface area contributed by atoms with Gasteiger partial charge in [-0.1, -0.05) is 23.7 Å². The largest absolute Gasteiger partial charge is 0.469 e. The Morgan fingerprint density at radius 2 is 2.00 bits per heavy atom. The number of rotatable bonds is 3. The van der Waals surface area contributed by atoms with Gasteiger partial charge in [-0.15, -0.1) is 0 Å². The third-order valence-corrected chi connectivity index (χ3v) is 2.49. The average Bonchev–Trinajstić information content (AvgIpc) is 2.17. The highest BCUT2D eigenvalue weighted by molar-refractivity contribution is 6.30. The second-order valence-corrected chi connectivity index (χ2v) is 4.11. The summed E-state index contributed by atoms with van der Waals surface area (Å²) in [5, 5.41) is 0.646. The molecule has 4 heteroatoms. The van der Waals surface area contributed by atoms with Gasteiger partial charge in [-0.25, -0.2) is 0 Å². The molecule has 2 N–H and O–H groups in total. The number of halogens is 1. The molecule has 1 aromatic carbocycles. The summed E-state index contributed by atoms with van der Waals surface area (Å²) < 4.78 is 4.59. The van der Waals surface area contributed by atoms with Gasteiger partial charge in [0.2, 0.25) is 0 Å². The zero-order chi connectivity index (χ0) is 11.5. The Morgan fingerprint density at radius 3 is 2.47 bits per heavy atom. The van der Waals surface area contributed by atoms with Crippen molar-refractivity contribution in [2.45, 2.75) is 18.9 Å². The van der Waals surface area contributed by atoms with Gasteiger partial charge < -0.3 is 10.5 Å². The summed E-state index contributed by atoms with van der Waals surface area (Å²) in [6.07, 6.45) is 0.144. The standard InChI is InChI=1S/C11H14ClNO2/c1-11(13,7-10(14)15-2)8-3-5-9(12)6-4-8/h3-6H,7,13H2,1-2H3/t11-/m0/s1. The Labute approximate surface area is 94.2 Å². The molecule has 0 heterocycles. The lowest BCUT2D eigenvalue weighted by molar-refractivity contribution is -0.141. The highest BCUT2D eigenvalue weighted by atomic mass is 35.5. The van der Waals surface area contributed by atoms with E-state index in [9.17, 15) is 4.79 Å². The zero-order valence-electron chi connectivity index (χ0n) is 8.79. The van der Waals surface area contributed by atoms with E-state index in [1.807, 2.05) is 12.1 Å². The van der Waals surface area contributed by atoms with Crippen molar-refractivity contribution in [1.29, 1.82) is 0 Å². The second kappa shape index (κ2) is 4.64. The van der Waals surface area contributed by atoms with E-state index in [-0.39, 0.29) is 12.4 Å². The minimum Gasteiger partial charge on any atom is -0.469 e. The number of ether oxygens (including phenoxy) is 1. The second-order valence-electron chi connectivity index (χ2n) is 3.68. The van der Waals surface area contributed by atoms with E-state index in [0.717, 1.165) is 5.56 Å². The monoisotopic (exact) mass is 227 g/mol. The lowest BCUT2D eigenvalue weighted by Crippen LogP contribution is -2.35. The van der Waals surface area contributed by atoms with Gasteiger partial charge in [0.1, 0.15) is 0 Å². The molecular weight excluding hydrogens is 214 g/mol. The molecule has 0 aromatic heterocycles. The van der Waals surface area contributed by atoms with Crippen molar-refractivity contribution in [1.82, 2.24) is 0 Å². The maximum atomic E-state index is 11.1. The van der Waals surface area contributed by atoms with Crippen LogP contribution < -0.4 is 5.73 Å². The van der Waals surface area contributed by atoms with Crippen molar-refractivity contribution in [3.63, 3.8) is 0 Å². The molecule has 1 aromatic rings. The Balaban J connectivity index is 2.85. The summed E-state index contributed by atoms with van der Waals surface area (Å²) in [5.41, 5.74) is 6.15. The smallest absolute Gasteiger partial charge is 0.307 e. The van der Waals surface area contributed by atoms with Crippen LogP contribution in [0.5, 0.6) is 0 Å². The van der Waals surface area contributed by atoms with Crippen LogP contribution >= 0.6 is 11.6 Å². The highest BCUT2D eigenvalue weighted by Crippen LogP contribution is 2.23. The first-order valence-electron chi connectivity index (χ1n) is 4.57. The normalized spacial score (nSPS) is 14.4. The minimum atomic E-state index is -0.725. The van der Waals surface area contributed by atoms with E-state index in [0.29, 0.717) is 5.02 Å². The third kappa shape index (κ3) is 3.22. The number of methoxy groups -OCH3 is 1. The van der Waals surface area contributed by atoms with E-state index in [4.69, 9.17) is 17.3 Å². The van der Waals surface area contributed by atoms with Crippen molar-refractivity contribution in [3.05, 3.63) is 34.9 Å².